The summed E-state index contributed by atoms with van der Waals surface area (Å²) in [5, 5.41) is 52.3. The Labute approximate surface area is 69.3 Å². The van der Waals surface area contributed by atoms with Crippen LogP contribution in [0, 0.1) is 0 Å². The molecular formula is C6H14O6. The molecule has 0 aromatic carbocycles. The summed E-state index contributed by atoms with van der Waals surface area (Å²) in [6.45, 7) is 1.57. The van der Waals surface area contributed by atoms with E-state index in [0.717, 1.165) is 0 Å². The molecule has 0 aliphatic heterocycles. The standard InChI is InChI=1S/C6H14O6/c1-2-3-5(9,10)6(11,12)4(7)8/h4,7-12H,2-3H2,1H3. The predicted molar refractivity (Wildman–Crippen MR) is 37.5 cm³/mol. The van der Waals surface area contributed by atoms with Gasteiger partial charge in [-0.25, -0.2) is 0 Å². The number of rotatable bonds is 4. The maximum absolute atomic E-state index is 8.95. The van der Waals surface area contributed by atoms with Gasteiger partial charge in [0.25, 0.3) is 5.79 Å². The summed E-state index contributed by atoms with van der Waals surface area (Å²) in [4.78, 5) is 0. The number of aliphatic hydroxyl groups is 6. The van der Waals surface area contributed by atoms with Crippen molar-refractivity contribution < 1.29 is 30.6 Å². The Kier molecular flexibility index (Phi) is 3.58. The van der Waals surface area contributed by atoms with E-state index in [1.165, 1.54) is 0 Å². The summed E-state index contributed by atoms with van der Waals surface area (Å²) in [7, 11) is 0. The second-order valence-electron chi connectivity index (χ2n) is 2.67. The lowest BCUT2D eigenvalue weighted by Gasteiger charge is -2.35. The van der Waals surface area contributed by atoms with Crippen LogP contribution in [0.1, 0.15) is 19.8 Å². The molecule has 0 saturated carbocycles. The molecule has 0 aliphatic carbocycles. The van der Waals surface area contributed by atoms with Crippen LogP contribution in [-0.4, -0.2) is 48.5 Å². The molecule has 74 valence electrons. The van der Waals surface area contributed by atoms with Gasteiger partial charge in [0.05, 0.1) is 0 Å². The molecule has 0 aliphatic rings. The maximum Gasteiger partial charge on any atom is 0.270 e. The highest BCUT2D eigenvalue weighted by Gasteiger charge is 2.51. The van der Waals surface area contributed by atoms with Crippen LogP contribution < -0.4 is 0 Å². The van der Waals surface area contributed by atoms with Gasteiger partial charge >= 0.3 is 0 Å². The minimum atomic E-state index is -3.33. The van der Waals surface area contributed by atoms with Crippen LogP contribution in [0.3, 0.4) is 0 Å². The van der Waals surface area contributed by atoms with Crippen molar-refractivity contribution in [3.05, 3.63) is 0 Å². The lowest BCUT2D eigenvalue weighted by atomic mass is 10.0. The molecule has 0 aromatic heterocycles. The van der Waals surface area contributed by atoms with Crippen LogP contribution in [0.2, 0.25) is 0 Å². The Morgan fingerprint density at radius 1 is 1.08 bits per heavy atom. The van der Waals surface area contributed by atoms with Crippen molar-refractivity contribution in [1.82, 2.24) is 0 Å². The van der Waals surface area contributed by atoms with Crippen LogP contribution in [0.25, 0.3) is 0 Å². The Hall–Kier alpha value is -0.240. The summed E-state index contributed by atoms with van der Waals surface area (Å²) in [6, 6.07) is 0. The van der Waals surface area contributed by atoms with Gasteiger partial charge in [-0.3, -0.25) is 0 Å². The molecule has 12 heavy (non-hydrogen) atoms. The summed E-state index contributed by atoms with van der Waals surface area (Å²) < 4.78 is 0. The van der Waals surface area contributed by atoms with Crippen molar-refractivity contribution >= 4 is 0 Å². The third kappa shape index (κ3) is 2.13. The molecule has 0 bridgehead atoms. The van der Waals surface area contributed by atoms with Gasteiger partial charge in [0, 0.05) is 6.42 Å². The first-order valence-corrected chi connectivity index (χ1v) is 3.51. The predicted octanol–water partition coefficient (Wildman–Crippen LogP) is -2.54. The molecule has 0 heterocycles. The first-order valence-electron chi connectivity index (χ1n) is 3.51. The number of hydrogen-bond acceptors (Lipinski definition) is 6. The molecule has 6 N–H and O–H groups in total. The zero-order chi connectivity index (χ0) is 9.99. The van der Waals surface area contributed by atoms with Crippen LogP contribution in [0.5, 0.6) is 0 Å². The third-order valence-electron chi connectivity index (χ3n) is 1.55. The highest BCUT2D eigenvalue weighted by Crippen LogP contribution is 2.24. The van der Waals surface area contributed by atoms with Gasteiger partial charge in [-0.05, 0) is 0 Å². The first-order chi connectivity index (χ1) is 5.25. The van der Waals surface area contributed by atoms with Crippen molar-refractivity contribution in [1.29, 1.82) is 0 Å². The fraction of sp³-hybridized carbons (Fsp3) is 1.00. The fourth-order valence-corrected chi connectivity index (χ4v) is 0.739. The van der Waals surface area contributed by atoms with E-state index in [9.17, 15) is 0 Å². The van der Waals surface area contributed by atoms with Crippen LogP contribution >= 0.6 is 0 Å². The molecule has 0 aromatic rings. The molecule has 0 rings (SSSR count). The van der Waals surface area contributed by atoms with Gasteiger partial charge in [0.2, 0.25) is 12.1 Å². The zero-order valence-corrected chi connectivity index (χ0v) is 6.67. The zero-order valence-electron chi connectivity index (χ0n) is 6.67. The van der Waals surface area contributed by atoms with Gasteiger partial charge < -0.3 is 30.6 Å². The molecule has 6 nitrogen and oxygen atoms in total. The number of hydrogen-bond donors (Lipinski definition) is 6. The van der Waals surface area contributed by atoms with E-state index in [1.54, 1.807) is 6.92 Å². The average molecular weight is 182 g/mol. The fourth-order valence-electron chi connectivity index (χ4n) is 0.739. The van der Waals surface area contributed by atoms with Crippen molar-refractivity contribution in [3.63, 3.8) is 0 Å². The van der Waals surface area contributed by atoms with Crippen molar-refractivity contribution in [2.24, 2.45) is 0 Å². The largest absolute Gasteiger partial charge is 0.364 e. The normalized spacial score (nSPS) is 14.0. The lowest BCUT2D eigenvalue weighted by Crippen LogP contribution is -2.61. The van der Waals surface area contributed by atoms with Crippen molar-refractivity contribution in [3.8, 4) is 0 Å². The first kappa shape index (κ1) is 11.8. The summed E-state index contributed by atoms with van der Waals surface area (Å²) >= 11 is 0. The molecule has 6 heteroatoms. The van der Waals surface area contributed by atoms with Crippen molar-refractivity contribution in [2.45, 2.75) is 37.6 Å². The van der Waals surface area contributed by atoms with Gasteiger partial charge in [0.15, 0.2) is 0 Å². The van der Waals surface area contributed by atoms with Gasteiger partial charge in [-0.15, -0.1) is 0 Å². The average Bonchev–Trinajstić information content (AvgIpc) is 1.86. The Bertz CT molecular complexity index is 141. The molecule has 0 radical (unpaired) electrons. The highest BCUT2D eigenvalue weighted by molar-refractivity contribution is 4.83. The molecule has 0 unspecified atom stereocenters. The topological polar surface area (TPSA) is 121 Å². The minimum absolute atomic E-state index is 0.253. The lowest BCUT2D eigenvalue weighted by molar-refractivity contribution is -0.414. The van der Waals surface area contributed by atoms with Crippen LogP contribution in [0.15, 0.2) is 0 Å². The minimum Gasteiger partial charge on any atom is -0.364 e. The SMILES string of the molecule is CCCC(O)(O)C(O)(O)C(O)O. The maximum atomic E-state index is 8.95. The molecule has 0 spiro atoms. The van der Waals surface area contributed by atoms with Crippen molar-refractivity contribution in [2.75, 3.05) is 0 Å². The molecule has 0 fully saturated rings. The molecule has 0 atom stereocenters. The Balaban J connectivity index is 4.50. The van der Waals surface area contributed by atoms with Gasteiger partial charge in [0.1, 0.15) is 0 Å². The number of aliphatic hydroxyl groups excluding tert-OH is 1. The Morgan fingerprint density at radius 3 is 1.75 bits per heavy atom. The summed E-state index contributed by atoms with van der Waals surface area (Å²) in [5.74, 6) is -6.25. The van der Waals surface area contributed by atoms with Crippen LogP contribution in [-0.2, 0) is 0 Å². The van der Waals surface area contributed by atoms with E-state index in [2.05, 4.69) is 0 Å². The van der Waals surface area contributed by atoms with E-state index < -0.39 is 17.9 Å². The smallest absolute Gasteiger partial charge is 0.270 e. The van der Waals surface area contributed by atoms with E-state index >= 15 is 0 Å². The van der Waals surface area contributed by atoms with Gasteiger partial charge in [-0.1, -0.05) is 13.3 Å². The third-order valence-corrected chi connectivity index (χ3v) is 1.55. The van der Waals surface area contributed by atoms with E-state index in [-0.39, 0.29) is 12.8 Å². The van der Waals surface area contributed by atoms with Crippen LogP contribution in [0.4, 0.5) is 0 Å². The quantitative estimate of drug-likeness (QED) is 0.266. The molecule has 0 saturated heterocycles. The van der Waals surface area contributed by atoms with E-state index in [4.69, 9.17) is 30.6 Å². The van der Waals surface area contributed by atoms with E-state index in [1.807, 2.05) is 0 Å². The monoisotopic (exact) mass is 182 g/mol. The highest BCUT2D eigenvalue weighted by atomic mass is 16.6. The second-order valence-corrected chi connectivity index (χ2v) is 2.67. The van der Waals surface area contributed by atoms with E-state index in [0.29, 0.717) is 0 Å². The molecular weight excluding hydrogens is 168 g/mol. The Morgan fingerprint density at radius 2 is 1.50 bits per heavy atom. The summed E-state index contributed by atoms with van der Waals surface area (Å²) in [6.07, 6.45) is -2.75. The van der Waals surface area contributed by atoms with Gasteiger partial charge in [-0.2, -0.15) is 0 Å². The summed E-state index contributed by atoms with van der Waals surface area (Å²) in [5.41, 5.74) is 0. The molecule has 0 amide bonds. The second kappa shape index (κ2) is 3.65.